The van der Waals surface area contributed by atoms with Crippen LogP contribution in [0.15, 0.2) is 142 Å². The van der Waals surface area contributed by atoms with E-state index in [1.54, 1.807) is 91.9 Å². The molecule has 0 aromatic heterocycles. The zero-order chi connectivity index (χ0) is 24.9. The summed E-state index contributed by atoms with van der Waals surface area (Å²) < 4.78 is 11.4. The normalized spacial score (nSPS) is 11.4. The second-order valence-corrected chi connectivity index (χ2v) is 7.09. The predicted molar refractivity (Wildman–Crippen MR) is 136 cm³/mol. The Bertz CT molecular complexity index is 1140. The number of benzene rings is 2. The molecule has 8 heteroatoms. The summed E-state index contributed by atoms with van der Waals surface area (Å²) in [6.45, 7) is 15.8. The number of ether oxygens (including phenoxy) is 2. The van der Waals surface area contributed by atoms with Gasteiger partial charge in [0.1, 0.15) is 23.0 Å². The summed E-state index contributed by atoms with van der Waals surface area (Å²) in [7, 11) is 3.61. The first kappa shape index (κ1) is 25.5. The Kier molecular flexibility index (Phi) is 9.74. The summed E-state index contributed by atoms with van der Waals surface area (Å²) in [4.78, 5) is 0. The van der Waals surface area contributed by atoms with E-state index in [0.29, 0.717) is 39.9 Å². The first-order valence-electron chi connectivity index (χ1n) is 10.1. The Balaban J connectivity index is 1.83. The van der Waals surface area contributed by atoms with Gasteiger partial charge in [0.2, 0.25) is 0 Å². The van der Waals surface area contributed by atoms with Gasteiger partial charge in [-0.1, -0.05) is 48.9 Å². The zero-order valence-corrected chi connectivity index (χ0v) is 19.4. The lowest BCUT2D eigenvalue weighted by molar-refractivity contribution is 0.408. The Labute approximate surface area is 200 Å². The van der Waals surface area contributed by atoms with E-state index in [4.69, 9.17) is 15.3 Å². The quantitative estimate of drug-likeness (QED) is 0.123. The van der Waals surface area contributed by atoms with Gasteiger partial charge in [-0.2, -0.15) is 0 Å². The average molecular weight is 457 g/mol. The first-order chi connectivity index (χ1) is 16.3. The second kappa shape index (κ2) is 13.0. The van der Waals surface area contributed by atoms with Gasteiger partial charge in [-0.3, -0.25) is 5.01 Å². The molecule has 0 unspecified atom stereocenters. The van der Waals surface area contributed by atoms with Crippen LogP contribution in [-0.4, -0.2) is 19.1 Å². The molecule has 0 aliphatic rings. The van der Waals surface area contributed by atoms with Crippen molar-refractivity contribution in [3.05, 3.63) is 122 Å². The third kappa shape index (κ3) is 9.19. The van der Waals surface area contributed by atoms with E-state index in [1.807, 2.05) is 0 Å². The van der Waals surface area contributed by atoms with Gasteiger partial charge in [0.05, 0.1) is 11.4 Å². The first-order valence-corrected chi connectivity index (χ1v) is 10.1. The minimum Gasteiger partial charge on any atom is -0.458 e. The van der Waals surface area contributed by atoms with Crippen LogP contribution in [0.25, 0.3) is 0 Å². The molecule has 8 nitrogen and oxygen atoms in total. The highest BCUT2D eigenvalue weighted by Crippen LogP contribution is 2.22. The van der Waals surface area contributed by atoms with E-state index in [2.05, 4.69) is 47.0 Å². The molecule has 2 N–H and O–H groups in total. The third-order valence-electron chi connectivity index (χ3n) is 4.04. The van der Waals surface area contributed by atoms with Gasteiger partial charge in [0, 0.05) is 14.1 Å². The summed E-state index contributed by atoms with van der Waals surface area (Å²) in [5, 5.41) is 16.6. The zero-order valence-electron chi connectivity index (χ0n) is 19.4. The van der Waals surface area contributed by atoms with E-state index >= 15 is 0 Å². The minimum atomic E-state index is 0.437. The van der Waals surface area contributed by atoms with E-state index < -0.39 is 0 Å². The van der Waals surface area contributed by atoms with Gasteiger partial charge < -0.3 is 15.3 Å². The predicted octanol–water partition coefficient (Wildman–Crippen LogP) is 6.91. The summed E-state index contributed by atoms with van der Waals surface area (Å²) in [5.41, 5.74) is 2.72. The van der Waals surface area contributed by atoms with Crippen LogP contribution in [0.2, 0.25) is 0 Å². The van der Waals surface area contributed by atoms with Crippen molar-refractivity contribution < 1.29 is 9.47 Å². The number of nitrogens with zero attached hydrogens (tertiary/aromatic N) is 5. The topological polar surface area (TPSA) is 97.2 Å². The summed E-state index contributed by atoms with van der Waals surface area (Å²) in [5.74, 6) is 7.16. The molecule has 0 radical (unpaired) electrons. The monoisotopic (exact) mass is 456 g/mol. The molecule has 0 bridgehead atoms. The summed E-state index contributed by atoms with van der Waals surface area (Å²) >= 11 is 0. The van der Waals surface area contributed by atoms with Crippen molar-refractivity contribution in [2.24, 2.45) is 26.5 Å². The molecule has 0 aliphatic carbocycles. The Morgan fingerprint density at radius 2 is 1.12 bits per heavy atom. The van der Waals surface area contributed by atoms with Gasteiger partial charge in [0.15, 0.2) is 0 Å². The van der Waals surface area contributed by atoms with E-state index in [1.165, 1.54) is 0 Å². The smallest absolute Gasteiger partial charge is 0.127 e. The van der Waals surface area contributed by atoms with Gasteiger partial charge in [-0.25, -0.2) is 0 Å². The molecule has 0 saturated carbocycles. The molecule has 0 atom stereocenters. The molecule has 2 rings (SSSR count). The molecule has 2 aromatic carbocycles. The molecule has 0 amide bonds. The lowest BCUT2D eigenvalue weighted by Crippen LogP contribution is -1.98. The van der Waals surface area contributed by atoms with Crippen molar-refractivity contribution in [1.82, 2.24) is 5.01 Å². The lowest BCUT2D eigenvalue weighted by Gasteiger charge is -2.07. The number of nitrogens with two attached hydrogens (primary N) is 1. The van der Waals surface area contributed by atoms with Crippen LogP contribution in [0.5, 0.6) is 11.5 Å². The van der Waals surface area contributed by atoms with Crippen LogP contribution in [0.1, 0.15) is 0 Å². The molecular formula is C26H28N6O2. The number of hydrogen-bond acceptors (Lipinski definition) is 6. The van der Waals surface area contributed by atoms with Crippen LogP contribution in [0, 0.1) is 0 Å². The maximum absolute atomic E-state index is 5.71. The van der Waals surface area contributed by atoms with Crippen LogP contribution in [-0.2, 0) is 0 Å². The fourth-order valence-electron chi connectivity index (χ4n) is 2.34. The average Bonchev–Trinajstić information content (AvgIpc) is 2.82. The standard InChI is InChI=1S/C26H28N6O2/c1-19(7-9-21(3)33-25-15-11-23(12-16-25)28-30-27)20(2)8-10-22(4)34-26-17-13-24(14-18-26)29-31-32(5)6/h7-18H,1-4H2,5-6H3,(H2,27,28)/b9-7-,10-8-,31-29?. The lowest BCUT2D eigenvalue weighted by atomic mass is 10.1. The Hall–Kier alpha value is -4.72. The van der Waals surface area contributed by atoms with Crippen LogP contribution >= 0.6 is 0 Å². The van der Waals surface area contributed by atoms with Crippen molar-refractivity contribution in [3.63, 3.8) is 0 Å². The highest BCUT2D eigenvalue weighted by atomic mass is 16.5. The minimum absolute atomic E-state index is 0.437. The number of allylic oxidation sites excluding steroid dienone is 6. The molecule has 0 saturated heterocycles. The Morgan fingerprint density at radius 3 is 1.50 bits per heavy atom. The van der Waals surface area contributed by atoms with E-state index in [0.717, 1.165) is 5.69 Å². The molecule has 0 fully saturated rings. The molecule has 0 spiro atoms. The van der Waals surface area contributed by atoms with Crippen molar-refractivity contribution >= 4 is 11.4 Å². The third-order valence-corrected chi connectivity index (χ3v) is 4.04. The maximum atomic E-state index is 5.71. The van der Waals surface area contributed by atoms with Gasteiger partial charge in [-0.05, 0) is 71.8 Å². The summed E-state index contributed by atoms with van der Waals surface area (Å²) in [6.07, 6.45) is 6.95. The van der Waals surface area contributed by atoms with Crippen molar-refractivity contribution in [2.45, 2.75) is 0 Å². The van der Waals surface area contributed by atoms with E-state index in [-0.39, 0.29) is 0 Å². The molecule has 0 aliphatic heterocycles. The van der Waals surface area contributed by atoms with Crippen LogP contribution in [0.4, 0.5) is 11.4 Å². The van der Waals surface area contributed by atoms with Crippen LogP contribution < -0.4 is 15.3 Å². The van der Waals surface area contributed by atoms with Gasteiger partial charge >= 0.3 is 0 Å². The SMILES string of the molecule is C=C(/C=C\C(=C)C(=C)/C=C\C(=C)Oc1ccc(N=NN(C)C)cc1)Oc1ccc(N=NN)cc1. The highest BCUT2D eigenvalue weighted by molar-refractivity contribution is 5.46. The molecule has 174 valence electrons. The van der Waals surface area contributed by atoms with Gasteiger partial charge in [-0.15, -0.1) is 10.2 Å². The fourth-order valence-corrected chi connectivity index (χ4v) is 2.34. The van der Waals surface area contributed by atoms with E-state index in [9.17, 15) is 0 Å². The molecule has 2 aromatic rings. The van der Waals surface area contributed by atoms with Crippen LogP contribution in [0.3, 0.4) is 0 Å². The molecule has 34 heavy (non-hydrogen) atoms. The fraction of sp³-hybridized carbons (Fsp3) is 0.0769. The molecule has 0 heterocycles. The van der Waals surface area contributed by atoms with Gasteiger partial charge in [0.25, 0.3) is 0 Å². The second-order valence-electron chi connectivity index (χ2n) is 7.09. The van der Waals surface area contributed by atoms with Crippen molar-refractivity contribution in [2.75, 3.05) is 14.1 Å². The maximum Gasteiger partial charge on any atom is 0.127 e. The number of rotatable bonds is 12. The number of hydrogen-bond donors (Lipinski definition) is 1. The summed E-state index contributed by atoms with van der Waals surface area (Å²) in [6, 6.07) is 14.1. The van der Waals surface area contributed by atoms with Crippen molar-refractivity contribution in [1.29, 1.82) is 0 Å². The molecular weight excluding hydrogens is 428 g/mol. The largest absolute Gasteiger partial charge is 0.458 e. The van der Waals surface area contributed by atoms with Crippen molar-refractivity contribution in [3.8, 4) is 11.5 Å². The highest BCUT2D eigenvalue weighted by Gasteiger charge is 2.00. The Morgan fingerprint density at radius 1 is 0.706 bits per heavy atom.